The molecule has 0 aliphatic carbocycles. The summed E-state index contributed by atoms with van der Waals surface area (Å²) in [6.07, 6.45) is -0.151. The maximum Gasteiger partial charge on any atom is 0.327 e. The van der Waals surface area contributed by atoms with E-state index in [1.54, 1.807) is 13.8 Å². The summed E-state index contributed by atoms with van der Waals surface area (Å²) in [4.78, 5) is 25.7. The van der Waals surface area contributed by atoms with Crippen molar-refractivity contribution in [3.63, 3.8) is 0 Å². The SMILES string of the molecule is CC(C)COCOP(C)(=O)O.CC(C)OCOP(C)(=O)O.CC(C)OP(C)(=O)O. The van der Waals surface area contributed by atoms with Crippen LogP contribution in [0.15, 0.2) is 0 Å². The van der Waals surface area contributed by atoms with E-state index in [1.165, 1.54) is 6.66 Å². The molecule has 0 aromatic carbocycles. The van der Waals surface area contributed by atoms with Gasteiger partial charge < -0.3 is 28.7 Å². The van der Waals surface area contributed by atoms with Crippen molar-refractivity contribution in [3.05, 3.63) is 0 Å². The third kappa shape index (κ3) is 47.5. The molecule has 0 aromatic heterocycles. The summed E-state index contributed by atoms with van der Waals surface area (Å²) in [5.74, 6) is 0.411. The van der Waals surface area contributed by atoms with E-state index >= 15 is 0 Å². The number of rotatable bonds is 11. The fourth-order valence-corrected chi connectivity index (χ4v) is 2.38. The molecule has 0 radical (unpaired) electrons. The minimum atomic E-state index is -3.35. The molecule has 0 spiro atoms. The highest BCUT2D eigenvalue weighted by atomic mass is 31.2. The van der Waals surface area contributed by atoms with Crippen LogP contribution in [0.2, 0.25) is 0 Å². The van der Waals surface area contributed by atoms with Crippen LogP contribution in [0, 0.1) is 5.92 Å². The number of hydrogen-bond donors (Lipinski definition) is 3. The summed E-state index contributed by atoms with van der Waals surface area (Å²) in [7, 11) is -9.92. The van der Waals surface area contributed by atoms with Crippen LogP contribution in [0.25, 0.3) is 0 Å². The average molecular weight is 488 g/mol. The fourth-order valence-electron chi connectivity index (χ4n) is 1.07. The fraction of sp³-hybridized carbons (Fsp3) is 1.00. The Kier molecular flexibility index (Phi) is 19.9. The third-order valence-corrected chi connectivity index (χ3v) is 3.91. The molecule has 0 amide bonds. The quantitative estimate of drug-likeness (QED) is 0.220. The van der Waals surface area contributed by atoms with Crippen LogP contribution in [-0.4, -0.2) is 67.1 Å². The smallest absolute Gasteiger partial charge is 0.327 e. The Balaban J connectivity index is -0.000000354. The summed E-state index contributed by atoms with van der Waals surface area (Å²) in [5, 5.41) is 0. The minimum absolute atomic E-state index is 0.0200. The summed E-state index contributed by atoms with van der Waals surface area (Å²) in [6, 6.07) is 0. The molecule has 0 fully saturated rings. The van der Waals surface area contributed by atoms with Gasteiger partial charge in [0.1, 0.15) is 0 Å². The van der Waals surface area contributed by atoms with Crippen LogP contribution in [0.4, 0.5) is 0 Å². The van der Waals surface area contributed by atoms with Gasteiger partial charge >= 0.3 is 22.8 Å². The van der Waals surface area contributed by atoms with E-state index in [1.807, 2.05) is 27.7 Å². The first kappa shape index (κ1) is 34.0. The van der Waals surface area contributed by atoms with Crippen LogP contribution in [0.5, 0.6) is 0 Å². The maximum atomic E-state index is 10.5. The van der Waals surface area contributed by atoms with Crippen molar-refractivity contribution < 1.29 is 51.4 Å². The lowest BCUT2D eigenvalue weighted by molar-refractivity contribution is -0.0237. The Morgan fingerprint density at radius 2 is 1.10 bits per heavy atom. The van der Waals surface area contributed by atoms with E-state index in [-0.39, 0.29) is 25.8 Å². The molecule has 0 rings (SSSR count). The van der Waals surface area contributed by atoms with Crippen molar-refractivity contribution >= 4 is 22.8 Å². The topological polar surface area (TPSA) is 158 Å². The van der Waals surface area contributed by atoms with E-state index < -0.39 is 22.8 Å². The zero-order valence-electron chi connectivity index (χ0n) is 18.8. The second-order valence-corrected chi connectivity index (χ2v) is 12.6. The van der Waals surface area contributed by atoms with Gasteiger partial charge in [-0.15, -0.1) is 0 Å². The van der Waals surface area contributed by atoms with E-state index in [2.05, 4.69) is 13.6 Å². The van der Waals surface area contributed by atoms with Gasteiger partial charge in [0.15, 0.2) is 13.6 Å². The Morgan fingerprint density at radius 3 is 1.34 bits per heavy atom. The molecule has 11 nitrogen and oxygen atoms in total. The van der Waals surface area contributed by atoms with Crippen molar-refractivity contribution in [1.82, 2.24) is 0 Å². The Bertz CT molecular complexity index is 520. The lowest BCUT2D eigenvalue weighted by Crippen LogP contribution is -2.05. The van der Waals surface area contributed by atoms with Gasteiger partial charge in [0.05, 0.1) is 18.8 Å². The molecule has 180 valence electrons. The lowest BCUT2D eigenvalue weighted by atomic mass is 10.2. The highest BCUT2D eigenvalue weighted by Crippen LogP contribution is 2.38. The van der Waals surface area contributed by atoms with Crippen molar-refractivity contribution in [2.45, 2.75) is 53.8 Å². The zero-order chi connectivity index (χ0) is 23.9. The van der Waals surface area contributed by atoms with Gasteiger partial charge in [-0.25, -0.2) is 0 Å². The molecular formula is C15H39O11P3. The van der Waals surface area contributed by atoms with Crippen molar-refractivity contribution in [2.75, 3.05) is 40.2 Å². The highest BCUT2D eigenvalue weighted by molar-refractivity contribution is 7.52. The second kappa shape index (κ2) is 17.0. The predicted octanol–water partition coefficient (Wildman–Crippen LogP) is 3.88. The molecule has 3 unspecified atom stereocenters. The van der Waals surface area contributed by atoms with Gasteiger partial charge in [0.2, 0.25) is 0 Å². The Hall–Kier alpha value is 0.370. The molecular weight excluding hydrogens is 449 g/mol. The van der Waals surface area contributed by atoms with Crippen LogP contribution < -0.4 is 0 Å². The Morgan fingerprint density at radius 1 is 0.690 bits per heavy atom. The number of hydrogen-bond acceptors (Lipinski definition) is 8. The third-order valence-electron chi connectivity index (χ3n) is 1.93. The van der Waals surface area contributed by atoms with E-state index in [0.29, 0.717) is 12.5 Å². The van der Waals surface area contributed by atoms with Crippen LogP contribution in [0.3, 0.4) is 0 Å². The molecule has 0 aliphatic rings. The van der Waals surface area contributed by atoms with Crippen molar-refractivity contribution in [2.24, 2.45) is 5.92 Å². The highest BCUT2D eigenvalue weighted by Gasteiger charge is 2.11. The van der Waals surface area contributed by atoms with E-state index in [0.717, 1.165) is 13.3 Å². The van der Waals surface area contributed by atoms with Gasteiger partial charge in [0, 0.05) is 20.0 Å². The molecule has 0 heterocycles. The van der Waals surface area contributed by atoms with Crippen LogP contribution >= 0.6 is 22.8 Å². The summed E-state index contributed by atoms with van der Waals surface area (Å²) < 4.78 is 54.5. The van der Waals surface area contributed by atoms with Crippen LogP contribution in [0.1, 0.15) is 41.5 Å². The molecule has 0 saturated heterocycles. The van der Waals surface area contributed by atoms with Gasteiger partial charge in [-0.1, -0.05) is 13.8 Å². The monoisotopic (exact) mass is 488 g/mol. The van der Waals surface area contributed by atoms with Gasteiger partial charge in [0.25, 0.3) is 0 Å². The van der Waals surface area contributed by atoms with Gasteiger partial charge in [-0.05, 0) is 33.6 Å². The molecule has 3 atom stereocenters. The number of ether oxygens (including phenoxy) is 2. The summed E-state index contributed by atoms with van der Waals surface area (Å²) in [5.41, 5.74) is 0. The summed E-state index contributed by atoms with van der Waals surface area (Å²) >= 11 is 0. The molecule has 0 aliphatic heterocycles. The normalized spacial score (nSPS) is 17.5. The molecule has 0 aromatic rings. The van der Waals surface area contributed by atoms with E-state index in [9.17, 15) is 13.7 Å². The molecule has 0 saturated carbocycles. The van der Waals surface area contributed by atoms with Crippen molar-refractivity contribution in [1.29, 1.82) is 0 Å². The minimum Gasteiger partial charge on any atom is -0.355 e. The Labute approximate surface area is 174 Å². The predicted molar refractivity (Wildman–Crippen MR) is 112 cm³/mol. The van der Waals surface area contributed by atoms with Crippen LogP contribution in [-0.2, 0) is 36.7 Å². The van der Waals surface area contributed by atoms with Crippen molar-refractivity contribution in [3.8, 4) is 0 Å². The maximum absolute atomic E-state index is 10.5. The second-order valence-electron chi connectivity index (χ2n) is 7.04. The molecule has 0 bridgehead atoms. The zero-order valence-corrected chi connectivity index (χ0v) is 21.5. The first-order chi connectivity index (χ1) is 12.7. The molecule has 14 heteroatoms. The van der Waals surface area contributed by atoms with Gasteiger partial charge in [-0.3, -0.25) is 22.7 Å². The molecule has 3 N–H and O–H groups in total. The first-order valence-electron chi connectivity index (χ1n) is 8.82. The van der Waals surface area contributed by atoms with E-state index in [4.69, 9.17) is 24.2 Å². The molecule has 29 heavy (non-hydrogen) atoms. The van der Waals surface area contributed by atoms with Gasteiger partial charge in [-0.2, -0.15) is 0 Å². The average Bonchev–Trinajstić information content (AvgIpc) is 2.39. The largest absolute Gasteiger partial charge is 0.355 e. The summed E-state index contributed by atoms with van der Waals surface area (Å²) in [6.45, 7) is 14.8. The first-order valence-corrected chi connectivity index (χ1v) is 14.9. The lowest BCUT2D eigenvalue weighted by Gasteiger charge is -2.09. The standard InChI is InChI=1S/C6H15O4P.C5H13O4P.C4H11O3P/c1-6(2)4-9-5-10-11(3,7)8;1-5(2)8-4-9-10(3,6)7;1-4(2)7-8(3,5)6/h6H,4-5H2,1-3H3,(H,7,8);5H,4H2,1-3H3,(H,6,7);4H,1-3H3,(H,5,6).